The molecule has 0 bridgehead atoms. The smallest absolute Gasteiger partial charge is 0.224 e. The predicted molar refractivity (Wildman–Crippen MR) is 191 cm³/mol. The van der Waals surface area contributed by atoms with E-state index in [2.05, 4.69) is 93.6 Å². The number of benzene rings is 4. The summed E-state index contributed by atoms with van der Waals surface area (Å²) < 4.78 is 20.0. The van der Waals surface area contributed by atoms with Gasteiger partial charge < -0.3 is 19.3 Å². The Bertz CT molecular complexity index is 1520. The molecule has 1 N–H and O–H groups in total. The third kappa shape index (κ3) is 6.99. The first-order valence-electron chi connectivity index (χ1n) is 16.6. The first-order valence-corrected chi connectivity index (χ1v) is 18.5. The minimum absolute atomic E-state index is 0.00760. The average Bonchev–Trinajstić information content (AvgIpc) is 3.10. The maximum absolute atomic E-state index is 13.5. The van der Waals surface area contributed by atoms with Crippen LogP contribution in [0.5, 0.6) is 0 Å². The number of ether oxygens (including phenoxy) is 3. The van der Waals surface area contributed by atoms with Gasteiger partial charge in [0.25, 0.3) is 0 Å². The molecule has 0 aromatic heterocycles. The summed E-state index contributed by atoms with van der Waals surface area (Å²) in [5, 5.41) is 13.5. The van der Waals surface area contributed by atoms with Crippen molar-refractivity contribution in [3.8, 4) is 0 Å². The van der Waals surface area contributed by atoms with Crippen molar-refractivity contribution < 1.29 is 19.3 Å². The van der Waals surface area contributed by atoms with Gasteiger partial charge in [-0.1, -0.05) is 129 Å². The van der Waals surface area contributed by atoms with Crippen LogP contribution in [0.15, 0.2) is 109 Å². The summed E-state index contributed by atoms with van der Waals surface area (Å²) in [5.41, 5.74) is 6.94. The van der Waals surface area contributed by atoms with Gasteiger partial charge in [0.1, 0.15) is 10.2 Å². The lowest BCUT2D eigenvalue weighted by molar-refractivity contribution is -0.357. The molecule has 0 spiro atoms. The Morgan fingerprint density at radius 3 is 1.98 bits per heavy atom. The molecule has 2 heterocycles. The number of hydrogen-bond acceptors (Lipinski definition) is 6. The molecule has 4 aromatic carbocycles. The fourth-order valence-electron chi connectivity index (χ4n) is 6.82. The van der Waals surface area contributed by atoms with Gasteiger partial charge in [0, 0.05) is 5.92 Å². The van der Waals surface area contributed by atoms with E-state index in [0.29, 0.717) is 13.2 Å². The molecule has 6 heteroatoms. The maximum atomic E-state index is 13.5. The molecule has 2 saturated heterocycles. The number of aliphatic hydroxyl groups is 1. The Kier molecular flexibility index (Phi) is 10.9. The molecule has 0 radical (unpaired) electrons. The van der Waals surface area contributed by atoms with Crippen LogP contribution in [0.3, 0.4) is 0 Å². The van der Waals surface area contributed by atoms with Gasteiger partial charge in [-0.25, -0.2) is 0 Å². The van der Waals surface area contributed by atoms with Gasteiger partial charge in [-0.2, -0.15) is 0 Å². The molecule has 0 amide bonds. The Hall–Kier alpha value is -2.58. The molecular formula is C40H46O4S2. The molecule has 0 aliphatic carbocycles. The van der Waals surface area contributed by atoms with E-state index in [4.69, 9.17) is 14.2 Å². The van der Waals surface area contributed by atoms with Gasteiger partial charge in [-0.15, -0.1) is 23.5 Å². The van der Waals surface area contributed by atoms with Crippen LogP contribution >= 0.6 is 23.5 Å². The van der Waals surface area contributed by atoms with E-state index < -0.39 is 22.1 Å². The van der Waals surface area contributed by atoms with Crippen molar-refractivity contribution >= 4 is 23.5 Å². The highest BCUT2D eigenvalue weighted by molar-refractivity contribution is 8.18. The van der Waals surface area contributed by atoms with E-state index >= 15 is 0 Å². The summed E-state index contributed by atoms with van der Waals surface area (Å²) in [6, 6.07) is 37.8. The van der Waals surface area contributed by atoms with Crippen LogP contribution in [0.2, 0.25) is 0 Å². The van der Waals surface area contributed by atoms with Crippen molar-refractivity contribution in [3.63, 3.8) is 0 Å². The van der Waals surface area contributed by atoms with Crippen LogP contribution in [-0.4, -0.2) is 40.7 Å². The van der Waals surface area contributed by atoms with E-state index in [1.165, 1.54) is 16.7 Å². The molecule has 4 aromatic rings. The zero-order chi connectivity index (χ0) is 32.0. The van der Waals surface area contributed by atoms with Crippen molar-refractivity contribution in [2.75, 3.05) is 11.5 Å². The lowest BCUT2D eigenvalue weighted by atomic mass is 9.81. The van der Waals surface area contributed by atoms with Gasteiger partial charge in [0.05, 0.1) is 25.4 Å². The monoisotopic (exact) mass is 654 g/mol. The molecule has 46 heavy (non-hydrogen) atoms. The minimum atomic E-state index is -1.67. The highest BCUT2D eigenvalue weighted by atomic mass is 32.2. The second kappa shape index (κ2) is 15.1. The van der Waals surface area contributed by atoms with Crippen molar-refractivity contribution in [1.82, 2.24) is 0 Å². The van der Waals surface area contributed by atoms with Gasteiger partial charge in [-0.05, 0) is 65.5 Å². The molecule has 2 aliphatic heterocycles. The lowest BCUT2D eigenvalue weighted by Gasteiger charge is -2.58. The van der Waals surface area contributed by atoms with Gasteiger partial charge in [0.2, 0.25) is 5.79 Å². The second-order valence-corrected chi connectivity index (χ2v) is 15.5. The first kappa shape index (κ1) is 33.3. The Labute approximate surface area is 283 Å². The van der Waals surface area contributed by atoms with Crippen molar-refractivity contribution in [1.29, 1.82) is 0 Å². The largest absolute Gasteiger partial charge is 0.370 e. The van der Waals surface area contributed by atoms with Crippen LogP contribution in [0, 0.1) is 12.8 Å². The summed E-state index contributed by atoms with van der Waals surface area (Å²) in [6.45, 7) is 7.23. The normalized spacial score (nSPS) is 26.1. The zero-order valence-corrected chi connectivity index (χ0v) is 28.8. The summed E-state index contributed by atoms with van der Waals surface area (Å²) in [4.78, 5) is 0. The highest BCUT2D eigenvalue weighted by Gasteiger charge is 2.66. The molecule has 6 rings (SSSR count). The second-order valence-electron chi connectivity index (χ2n) is 12.6. The molecule has 2 aliphatic rings. The van der Waals surface area contributed by atoms with Gasteiger partial charge in [0.15, 0.2) is 0 Å². The quantitative estimate of drug-likeness (QED) is 0.174. The van der Waals surface area contributed by atoms with E-state index in [-0.39, 0.29) is 12.0 Å². The Balaban J connectivity index is 1.45. The number of rotatable bonds is 11. The highest BCUT2D eigenvalue weighted by Crippen LogP contribution is 2.62. The number of thioether (sulfide) groups is 2. The average molecular weight is 655 g/mol. The third-order valence-electron chi connectivity index (χ3n) is 9.34. The molecule has 0 unspecified atom stereocenters. The van der Waals surface area contributed by atoms with Crippen molar-refractivity contribution in [2.45, 2.75) is 81.4 Å². The van der Waals surface area contributed by atoms with Gasteiger partial charge in [-0.3, -0.25) is 0 Å². The number of aryl methyl sites for hydroxylation is 1. The molecule has 242 valence electrons. The fraction of sp³-hybridized carbons (Fsp3) is 0.400. The number of hydrogen-bond donors (Lipinski definition) is 1. The first-order chi connectivity index (χ1) is 22.4. The van der Waals surface area contributed by atoms with Crippen LogP contribution in [0.25, 0.3) is 0 Å². The van der Waals surface area contributed by atoms with E-state index in [1.54, 1.807) is 23.5 Å². The van der Waals surface area contributed by atoms with Gasteiger partial charge >= 0.3 is 0 Å². The van der Waals surface area contributed by atoms with E-state index in [1.807, 2.05) is 36.4 Å². The van der Waals surface area contributed by atoms with Crippen LogP contribution in [0.4, 0.5) is 0 Å². The molecule has 5 atom stereocenters. The van der Waals surface area contributed by atoms with Crippen molar-refractivity contribution in [2.24, 2.45) is 5.92 Å². The standard InChI is InChI=1S/C40H46O4S2/c1-4-36-30(3)37(42-27-32-14-7-5-8-15-32)38(43-28-33-16-9-6-10-17-33)39(41,44-36)40(45-24-13-25-46-40)35-19-12-11-18-34(35)26-31-22-20-29(2)21-23-31/h5-12,14-23,30,36-38,41H,4,13,24-28H2,1-3H3/t30-,36-,37+,38-,39-/m1/s1. The van der Waals surface area contributed by atoms with Crippen LogP contribution in [-0.2, 0) is 37.9 Å². The minimum Gasteiger partial charge on any atom is -0.370 e. The van der Waals surface area contributed by atoms with E-state index in [9.17, 15) is 5.11 Å². The summed E-state index contributed by atoms with van der Waals surface area (Å²) in [5.74, 6) is 0.179. The fourth-order valence-corrected chi connectivity index (χ4v) is 10.4. The van der Waals surface area contributed by atoms with Crippen molar-refractivity contribution in [3.05, 3.63) is 143 Å². The zero-order valence-electron chi connectivity index (χ0n) is 27.1. The molecule has 4 nitrogen and oxygen atoms in total. The topological polar surface area (TPSA) is 47.9 Å². The predicted octanol–water partition coefficient (Wildman–Crippen LogP) is 8.91. The van der Waals surface area contributed by atoms with Crippen LogP contribution in [0.1, 0.15) is 60.1 Å². The molecule has 0 saturated carbocycles. The molecule has 2 fully saturated rings. The lowest BCUT2D eigenvalue weighted by Crippen LogP contribution is -2.69. The summed E-state index contributed by atoms with van der Waals surface area (Å²) in [7, 11) is 0. The Morgan fingerprint density at radius 2 is 1.35 bits per heavy atom. The van der Waals surface area contributed by atoms with Crippen LogP contribution < -0.4 is 0 Å². The third-order valence-corrected chi connectivity index (χ3v) is 12.9. The summed E-state index contributed by atoms with van der Waals surface area (Å²) >= 11 is 3.61. The Morgan fingerprint density at radius 1 is 0.761 bits per heavy atom. The van der Waals surface area contributed by atoms with E-state index in [0.717, 1.165) is 47.5 Å². The SMILES string of the molecule is CC[C@H]1O[C@@](O)(C2(c3ccccc3Cc3ccc(C)cc3)SCCCS2)[C@H](OCc2ccccc2)[C@@H](OCc2ccccc2)[C@@H]1C. The summed E-state index contributed by atoms with van der Waals surface area (Å²) in [6.07, 6.45) is 1.27. The maximum Gasteiger partial charge on any atom is 0.224 e. The molecular weight excluding hydrogens is 609 g/mol.